The van der Waals surface area contributed by atoms with E-state index in [1.807, 2.05) is 6.92 Å². The number of rotatable bonds is 7. The number of carboxylic acids is 1. The van der Waals surface area contributed by atoms with E-state index < -0.39 is 23.5 Å². The third kappa shape index (κ3) is 4.34. The normalized spacial score (nSPS) is 12.0. The van der Waals surface area contributed by atoms with Gasteiger partial charge in [0, 0.05) is 17.5 Å². The van der Waals surface area contributed by atoms with E-state index in [4.69, 9.17) is 4.42 Å². The zero-order chi connectivity index (χ0) is 17.7. The molecular weight excluding hydrogens is 314 g/mol. The van der Waals surface area contributed by atoms with Crippen LogP contribution in [0.3, 0.4) is 0 Å². The molecule has 0 aliphatic rings. The summed E-state index contributed by atoms with van der Waals surface area (Å²) in [4.78, 5) is 34.8. The van der Waals surface area contributed by atoms with Crippen molar-refractivity contribution >= 4 is 22.8 Å². The fourth-order valence-corrected chi connectivity index (χ4v) is 2.44. The number of phenolic OH excluding ortho intramolecular Hbond substituents is 1. The molecule has 1 aromatic heterocycles. The highest BCUT2D eigenvalue weighted by Crippen LogP contribution is 2.22. The lowest BCUT2D eigenvalue weighted by atomic mass is 10.1. The summed E-state index contributed by atoms with van der Waals surface area (Å²) in [7, 11) is 0. The number of amides is 1. The van der Waals surface area contributed by atoms with Crippen LogP contribution in [0.4, 0.5) is 0 Å². The molecule has 1 atom stereocenters. The predicted molar refractivity (Wildman–Crippen MR) is 84.3 cm³/mol. The molecule has 2 N–H and O–H groups in total. The number of carboxylic acid groups (broad SMARTS) is 1. The topological polar surface area (TPSA) is 120 Å². The Morgan fingerprint density at radius 2 is 2.08 bits per heavy atom. The molecule has 2 aromatic rings. The molecule has 0 spiro atoms. The molecule has 0 unspecified atom stereocenters. The van der Waals surface area contributed by atoms with Gasteiger partial charge < -0.3 is 24.7 Å². The summed E-state index contributed by atoms with van der Waals surface area (Å²) in [5.41, 5.74) is -0.0996. The van der Waals surface area contributed by atoms with Crippen molar-refractivity contribution in [1.82, 2.24) is 5.32 Å². The highest BCUT2D eigenvalue weighted by atomic mass is 16.4. The first kappa shape index (κ1) is 17.5. The van der Waals surface area contributed by atoms with Crippen LogP contribution in [-0.4, -0.2) is 23.0 Å². The van der Waals surface area contributed by atoms with Crippen LogP contribution < -0.4 is 16.0 Å². The van der Waals surface area contributed by atoms with E-state index in [-0.39, 0.29) is 24.2 Å². The lowest BCUT2D eigenvalue weighted by molar-refractivity contribution is -0.308. The fourth-order valence-electron chi connectivity index (χ4n) is 2.44. The van der Waals surface area contributed by atoms with Crippen molar-refractivity contribution in [2.75, 3.05) is 0 Å². The van der Waals surface area contributed by atoms with Gasteiger partial charge >= 0.3 is 5.63 Å². The second-order valence-electron chi connectivity index (χ2n) is 5.53. The lowest BCUT2D eigenvalue weighted by Gasteiger charge is -2.19. The number of phenols is 1. The minimum Gasteiger partial charge on any atom is -0.548 e. The van der Waals surface area contributed by atoms with Gasteiger partial charge in [-0.2, -0.15) is 0 Å². The van der Waals surface area contributed by atoms with Crippen LogP contribution in [0.5, 0.6) is 5.75 Å². The number of nitrogens with one attached hydrogen (secondary N) is 1. The summed E-state index contributed by atoms with van der Waals surface area (Å²) in [6.45, 7) is 1.92. The number of fused-ring (bicyclic) bond motifs is 1. The molecular formula is C17H18NO6-. The van der Waals surface area contributed by atoms with E-state index in [1.54, 1.807) is 0 Å². The highest BCUT2D eigenvalue weighted by molar-refractivity contribution is 5.89. The molecule has 1 amide bonds. The Labute approximate surface area is 137 Å². The molecule has 0 aliphatic carbocycles. The van der Waals surface area contributed by atoms with Gasteiger partial charge in [-0.05, 0) is 24.1 Å². The standard InChI is InChI=1S/C17H19NO6/c1-2-3-4-13(17(22)23)18-15(20)7-10-8-16(21)24-14-9-11(19)5-6-12(10)14/h5-6,8-9,13,19H,2-4,7H2,1H3,(H,18,20)(H,22,23)/p-1/t13-/m1/s1. The quantitative estimate of drug-likeness (QED) is 0.711. The van der Waals surface area contributed by atoms with Crippen molar-refractivity contribution in [3.05, 3.63) is 40.2 Å². The van der Waals surface area contributed by atoms with E-state index in [0.717, 1.165) is 6.42 Å². The Morgan fingerprint density at radius 3 is 2.75 bits per heavy atom. The Bertz CT molecular complexity index is 810. The number of carbonyl (C=O) groups is 2. The number of aliphatic carboxylic acids is 1. The maximum atomic E-state index is 12.1. The van der Waals surface area contributed by atoms with Crippen LogP contribution in [0.2, 0.25) is 0 Å². The predicted octanol–water partition coefficient (Wildman–Crippen LogP) is 0.466. The number of hydrogen-bond donors (Lipinski definition) is 2. The molecule has 0 saturated heterocycles. The fraction of sp³-hybridized carbons (Fsp3) is 0.353. The number of carbonyl (C=O) groups excluding carboxylic acids is 2. The molecule has 7 heteroatoms. The molecule has 0 saturated carbocycles. The van der Waals surface area contributed by atoms with Gasteiger partial charge in [0.15, 0.2) is 0 Å². The van der Waals surface area contributed by atoms with Gasteiger partial charge in [-0.25, -0.2) is 4.79 Å². The third-order valence-corrected chi connectivity index (χ3v) is 3.63. The van der Waals surface area contributed by atoms with Crippen molar-refractivity contribution in [3.8, 4) is 5.75 Å². The second kappa shape index (κ2) is 7.63. The molecule has 0 bridgehead atoms. The molecule has 1 heterocycles. The van der Waals surface area contributed by atoms with E-state index in [0.29, 0.717) is 17.4 Å². The Hall–Kier alpha value is -2.83. The number of aromatic hydroxyl groups is 1. The summed E-state index contributed by atoms with van der Waals surface area (Å²) in [6.07, 6.45) is 1.56. The monoisotopic (exact) mass is 332 g/mol. The zero-order valence-corrected chi connectivity index (χ0v) is 13.2. The van der Waals surface area contributed by atoms with Gasteiger partial charge in [0.1, 0.15) is 11.3 Å². The summed E-state index contributed by atoms with van der Waals surface area (Å²) in [5.74, 6) is -1.93. The van der Waals surface area contributed by atoms with Gasteiger partial charge in [-0.15, -0.1) is 0 Å². The van der Waals surface area contributed by atoms with Crippen LogP contribution in [0.1, 0.15) is 31.7 Å². The minimum absolute atomic E-state index is 0.0659. The molecule has 128 valence electrons. The molecule has 2 rings (SSSR count). The van der Waals surface area contributed by atoms with Crippen molar-refractivity contribution in [1.29, 1.82) is 0 Å². The molecule has 1 aromatic carbocycles. The van der Waals surface area contributed by atoms with Crippen LogP contribution >= 0.6 is 0 Å². The van der Waals surface area contributed by atoms with Crippen LogP contribution in [-0.2, 0) is 16.0 Å². The van der Waals surface area contributed by atoms with Crippen molar-refractivity contribution in [2.45, 2.75) is 38.6 Å². The van der Waals surface area contributed by atoms with Gasteiger partial charge in [0.2, 0.25) is 5.91 Å². The second-order valence-corrected chi connectivity index (χ2v) is 5.53. The summed E-state index contributed by atoms with van der Waals surface area (Å²) in [6, 6.07) is 4.34. The van der Waals surface area contributed by atoms with Crippen molar-refractivity contribution in [2.24, 2.45) is 0 Å². The average Bonchev–Trinajstić information content (AvgIpc) is 2.50. The number of hydrogen-bond acceptors (Lipinski definition) is 6. The van der Waals surface area contributed by atoms with Crippen LogP contribution in [0.15, 0.2) is 33.5 Å². The van der Waals surface area contributed by atoms with E-state index >= 15 is 0 Å². The third-order valence-electron chi connectivity index (χ3n) is 3.63. The summed E-state index contributed by atoms with van der Waals surface area (Å²) in [5, 5.41) is 23.4. The van der Waals surface area contributed by atoms with Crippen LogP contribution in [0.25, 0.3) is 11.0 Å². The van der Waals surface area contributed by atoms with Crippen LogP contribution in [0, 0.1) is 0 Å². The molecule has 7 nitrogen and oxygen atoms in total. The largest absolute Gasteiger partial charge is 0.548 e. The molecule has 0 aliphatic heterocycles. The molecule has 0 fully saturated rings. The number of benzene rings is 1. The smallest absolute Gasteiger partial charge is 0.336 e. The molecule has 0 radical (unpaired) electrons. The highest BCUT2D eigenvalue weighted by Gasteiger charge is 2.15. The van der Waals surface area contributed by atoms with E-state index in [2.05, 4.69) is 5.32 Å². The first-order valence-corrected chi connectivity index (χ1v) is 7.66. The Kier molecular flexibility index (Phi) is 5.57. The maximum absolute atomic E-state index is 12.1. The first-order valence-electron chi connectivity index (χ1n) is 7.66. The van der Waals surface area contributed by atoms with Gasteiger partial charge in [-0.3, -0.25) is 4.79 Å². The molecule has 24 heavy (non-hydrogen) atoms. The van der Waals surface area contributed by atoms with Crippen molar-refractivity contribution < 1.29 is 24.2 Å². The Balaban J connectivity index is 2.21. The lowest BCUT2D eigenvalue weighted by Crippen LogP contribution is -2.48. The van der Waals surface area contributed by atoms with Crippen molar-refractivity contribution in [3.63, 3.8) is 0 Å². The SMILES string of the molecule is CCCC[C@@H](NC(=O)Cc1cc(=O)oc2cc(O)ccc12)C(=O)[O-]. The minimum atomic E-state index is -1.33. The zero-order valence-electron chi connectivity index (χ0n) is 13.2. The summed E-state index contributed by atoms with van der Waals surface area (Å²) < 4.78 is 4.99. The van der Waals surface area contributed by atoms with Gasteiger partial charge in [0.05, 0.1) is 18.4 Å². The maximum Gasteiger partial charge on any atom is 0.336 e. The summed E-state index contributed by atoms with van der Waals surface area (Å²) >= 11 is 0. The Morgan fingerprint density at radius 1 is 1.33 bits per heavy atom. The van der Waals surface area contributed by atoms with Gasteiger partial charge in [-0.1, -0.05) is 19.8 Å². The average molecular weight is 332 g/mol. The number of unbranched alkanes of at least 4 members (excludes halogenated alkanes) is 1. The first-order chi connectivity index (χ1) is 11.4. The van der Waals surface area contributed by atoms with Gasteiger partial charge in [0.25, 0.3) is 0 Å². The van der Waals surface area contributed by atoms with E-state index in [1.165, 1.54) is 24.3 Å². The van der Waals surface area contributed by atoms with E-state index in [9.17, 15) is 24.6 Å².